The van der Waals surface area contributed by atoms with Gasteiger partial charge in [0.15, 0.2) is 0 Å². The summed E-state index contributed by atoms with van der Waals surface area (Å²) in [7, 11) is 0. The molecule has 3 N–H and O–H groups in total. The number of hydrogen-bond acceptors (Lipinski definition) is 3. The van der Waals surface area contributed by atoms with E-state index in [1.807, 2.05) is 12.3 Å². The van der Waals surface area contributed by atoms with Gasteiger partial charge >= 0.3 is 0 Å². The van der Waals surface area contributed by atoms with Gasteiger partial charge in [0.2, 0.25) is 0 Å². The van der Waals surface area contributed by atoms with Crippen LogP contribution in [-0.4, -0.2) is 11.0 Å². The van der Waals surface area contributed by atoms with E-state index in [0.717, 1.165) is 12.3 Å². The smallest absolute Gasteiger partial charge is 0.0482 e. The van der Waals surface area contributed by atoms with Gasteiger partial charge in [-0.05, 0) is 36.8 Å². The van der Waals surface area contributed by atoms with E-state index < -0.39 is 0 Å². The van der Waals surface area contributed by atoms with E-state index in [4.69, 9.17) is 5.84 Å². The highest BCUT2D eigenvalue weighted by Crippen LogP contribution is 2.37. The van der Waals surface area contributed by atoms with Gasteiger partial charge in [-0.3, -0.25) is 16.3 Å². The number of nitrogens with zero attached hydrogens (tertiary/aromatic N) is 1. The average molecular weight is 259 g/mol. The average Bonchev–Trinajstić information content (AvgIpc) is 2.90. The Morgan fingerprint density at radius 2 is 2.11 bits per heavy atom. The number of aryl methyl sites for hydroxylation is 1. The molecule has 0 radical (unpaired) electrons. The fourth-order valence-electron chi connectivity index (χ4n) is 3.97. The summed E-state index contributed by atoms with van der Waals surface area (Å²) in [4.78, 5) is 4.61. The van der Waals surface area contributed by atoms with Crippen molar-refractivity contribution in [2.75, 3.05) is 0 Å². The van der Waals surface area contributed by atoms with Crippen molar-refractivity contribution in [2.45, 2.75) is 63.3 Å². The van der Waals surface area contributed by atoms with Crippen molar-refractivity contribution in [3.8, 4) is 0 Å². The maximum atomic E-state index is 5.85. The van der Waals surface area contributed by atoms with Crippen molar-refractivity contribution in [1.29, 1.82) is 0 Å². The van der Waals surface area contributed by atoms with Crippen LogP contribution in [0.2, 0.25) is 0 Å². The molecule has 2 aliphatic carbocycles. The lowest BCUT2D eigenvalue weighted by atomic mass is 9.81. The summed E-state index contributed by atoms with van der Waals surface area (Å²) in [5.74, 6) is 7.23. The number of hydrogen-bond donors (Lipinski definition) is 2. The predicted molar refractivity (Wildman–Crippen MR) is 77.6 cm³/mol. The monoisotopic (exact) mass is 259 g/mol. The lowest BCUT2D eigenvalue weighted by molar-refractivity contribution is 0.277. The molecule has 3 nitrogen and oxygen atoms in total. The van der Waals surface area contributed by atoms with Gasteiger partial charge in [0.25, 0.3) is 0 Å². The Bertz CT molecular complexity index is 412. The summed E-state index contributed by atoms with van der Waals surface area (Å²) in [6, 6.07) is 4.67. The fourth-order valence-corrected chi connectivity index (χ4v) is 3.97. The third kappa shape index (κ3) is 2.82. The number of aromatic nitrogens is 1. The Balaban J connectivity index is 1.69. The van der Waals surface area contributed by atoms with Crippen LogP contribution >= 0.6 is 0 Å². The first-order valence-corrected chi connectivity index (χ1v) is 7.78. The second-order valence-electron chi connectivity index (χ2n) is 6.21. The lowest BCUT2D eigenvalue weighted by Gasteiger charge is -2.29. The molecule has 2 atom stereocenters. The number of rotatable bonds is 4. The van der Waals surface area contributed by atoms with Crippen molar-refractivity contribution in [3.05, 3.63) is 29.6 Å². The van der Waals surface area contributed by atoms with Crippen molar-refractivity contribution < 1.29 is 0 Å². The Hall–Kier alpha value is -0.930. The van der Waals surface area contributed by atoms with Gasteiger partial charge in [-0.2, -0.15) is 0 Å². The molecule has 0 bridgehead atoms. The van der Waals surface area contributed by atoms with Gasteiger partial charge in [-0.1, -0.05) is 38.2 Å². The predicted octanol–water partition coefficient (Wildman–Crippen LogP) is 2.91. The molecule has 0 spiro atoms. The highest BCUT2D eigenvalue weighted by atomic mass is 15.2. The van der Waals surface area contributed by atoms with Gasteiger partial charge in [-0.15, -0.1) is 0 Å². The minimum absolute atomic E-state index is 0.402. The molecule has 1 fully saturated rings. The molecule has 1 saturated carbocycles. The fraction of sp³-hybridized carbons (Fsp3) is 0.688. The van der Waals surface area contributed by atoms with Crippen LogP contribution in [-0.2, 0) is 6.42 Å². The van der Waals surface area contributed by atoms with E-state index in [9.17, 15) is 0 Å². The second kappa shape index (κ2) is 6.02. The molecule has 0 aliphatic heterocycles. The van der Waals surface area contributed by atoms with Gasteiger partial charge in [0, 0.05) is 23.9 Å². The molecule has 3 rings (SSSR count). The number of nitrogens with two attached hydrogens (primary N) is 1. The summed E-state index contributed by atoms with van der Waals surface area (Å²) in [5.41, 5.74) is 5.81. The van der Waals surface area contributed by atoms with Crippen molar-refractivity contribution in [1.82, 2.24) is 10.4 Å². The zero-order chi connectivity index (χ0) is 13.1. The van der Waals surface area contributed by atoms with Crippen LogP contribution in [0.3, 0.4) is 0 Å². The van der Waals surface area contributed by atoms with Crippen LogP contribution in [0.5, 0.6) is 0 Å². The molecule has 2 aliphatic rings. The van der Waals surface area contributed by atoms with Crippen molar-refractivity contribution in [3.63, 3.8) is 0 Å². The van der Waals surface area contributed by atoms with Gasteiger partial charge < -0.3 is 0 Å². The minimum Gasteiger partial charge on any atom is -0.271 e. The van der Waals surface area contributed by atoms with Crippen LogP contribution in [0.4, 0.5) is 0 Å². The highest BCUT2D eigenvalue weighted by Gasteiger charge is 2.32. The van der Waals surface area contributed by atoms with E-state index >= 15 is 0 Å². The molecule has 1 aromatic rings. The minimum atomic E-state index is 0.402. The molecule has 1 aromatic heterocycles. The van der Waals surface area contributed by atoms with Gasteiger partial charge in [-0.25, -0.2) is 0 Å². The third-order valence-corrected chi connectivity index (χ3v) is 5.01. The van der Waals surface area contributed by atoms with E-state index in [-0.39, 0.29) is 0 Å². The first-order valence-electron chi connectivity index (χ1n) is 7.78. The molecule has 104 valence electrons. The van der Waals surface area contributed by atoms with Crippen LogP contribution in [0.1, 0.15) is 62.1 Å². The van der Waals surface area contributed by atoms with Crippen molar-refractivity contribution >= 4 is 0 Å². The van der Waals surface area contributed by atoms with Crippen LogP contribution in [0.15, 0.2) is 18.3 Å². The number of fused-ring (bicyclic) bond motifs is 1. The molecular formula is C16H25N3. The SMILES string of the molecule is NNC(CC1CCCCC1)C1CCc2cccnc21. The molecule has 0 saturated heterocycles. The number of nitrogens with one attached hydrogen (secondary N) is 1. The first-order chi connectivity index (χ1) is 9.38. The molecule has 3 heteroatoms. The van der Waals surface area contributed by atoms with Crippen LogP contribution < -0.4 is 11.3 Å². The zero-order valence-corrected chi connectivity index (χ0v) is 11.6. The molecule has 0 amide bonds. The van der Waals surface area contributed by atoms with E-state index in [1.54, 1.807) is 0 Å². The Morgan fingerprint density at radius 3 is 2.89 bits per heavy atom. The second-order valence-corrected chi connectivity index (χ2v) is 6.21. The van der Waals surface area contributed by atoms with E-state index in [0.29, 0.717) is 12.0 Å². The normalized spacial score (nSPS) is 25.2. The largest absolute Gasteiger partial charge is 0.271 e. The molecule has 2 unspecified atom stereocenters. The Morgan fingerprint density at radius 1 is 1.26 bits per heavy atom. The summed E-state index contributed by atoms with van der Waals surface area (Å²) in [6.07, 6.45) is 12.5. The highest BCUT2D eigenvalue weighted by molar-refractivity contribution is 5.29. The summed E-state index contributed by atoms with van der Waals surface area (Å²) < 4.78 is 0. The standard InChI is InChI=1S/C16H25N3/c17-19-15(11-12-5-2-1-3-6-12)14-9-8-13-7-4-10-18-16(13)14/h4,7,10,12,14-15,19H,1-3,5-6,8-9,11,17H2. The zero-order valence-electron chi connectivity index (χ0n) is 11.6. The summed E-state index contributed by atoms with van der Waals surface area (Å²) >= 11 is 0. The van der Waals surface area contributed by atoms with Gasteiger partial charge in [0.1, 0.15) is 0 Å². The topological polar surface area (TPSA) is 50.9 Å². The summed E-state index contributed by atoms with van der Waals surface area (Å²) in [6.45, 7) is 0. The summed E-state index contributed by atoms with van der Waals surface area (Å²) in [5, 5.41) is 0. The van der Waals surface area contributed by atoms with Gasteiger partial charge in [0.05, 0.1) is 0 Å². The van der Waals surface area contributed by atoms with Crippen molar-refractivity contribution in [2.24, 2.45) is 11.8 Å². The molecule has 0 aromatic carbocycles. The quantitative estimate of drug-likeness (QED) is 0.645. The number of pyridine rings is 1. The molecule has 1 heterocycles. The maximum absolute atomic E-state index is 5.85. The molecular weight excluding hydrogens is 234 g/mol. The maximum Gasteiger partial charge on any atom is 0.0482 e. The lowest BCUT2D eigenvalue weighted by Crippen LogP contribution is -2.41. The van der Waals surface area contributed by atoms with E-state index in [1.165, 1.54) is 56.2 Å². The first kappa shape index (κ1) is 13.1. The Kier molecular flexibility index (Phi) is 4.14. The van der Waals surface area contributed by atoms with Crippen LogP contribution in [0, 0.1) is 5.92 Å². The third-order valence-electron chi connectivity index (χ3n) is 5.01. The Labute approximate surface area is 116 Å². The van der Waals surface area contributed by atoms with Crippen LogP contribution in [0.25, 0.3) is 0 Å². The molecule has 19 heavy (non-hydrogen) atoms. The van der Waals surface area contributed by atoms with E-state index in [2.05, 4.69) is 16.5 Å². The number of hydrazine groups is 1.